The minimum atomic E-state index is -0.482. The van der Waals surface area contributed by atoms with E-state index in [0.717, 1.165) is 5.56 Å². The Bertz CT molecular complexity index is 469. The molecular weight excluding hydrogens is 266 g/mol. The Balaban J connectivity index is 2.47. The van der Waals surface area contributed by atoms with Crippen molar-refractivity contribution < 1.29 is 9.59 Å². The van der Waals surface area contributed by atoms with Gasteiger partial charge in [-0.05, 0) is 18.6 Å². The minimum Gasteiger partial charge on any atom is -0.351 e. The first-order chi connectivity index (χ1) is 9.04. The van der Waals surface area contributed by atoms with Gasteiger partial charge in [0.1, 0.15) is 0 Å². The molecule has 0 aliphatic heterocycles. The van der Waals surface area contributed by atoms with Crippen LogP contribution in [0.15, 0.2) is 30.9 Å². The van der Waals surface area contributed by atoms with Gasteiger partial charge in [-0.1, -0.05) is 29.8 Å². The van der Waals surface area contributed by atoms with E-state index in [4.69, 9.17) is 11.6 Å². The van der Waals surface area contributed by atoms with Gasteiger partial charge in [-0.2, -0.15) is 0 Å². The third-order valence-corrected chi connectivity index (χ3v) is 2.63. The highest BCUT2D eigenvalue weighted by molar-refractivity contribution is 6.33. The lowest BCUT2D eigenvalue weighted by molar-refractivity contribution is -0.119. The third-order valence-electron chi connectivity index (χ3n) is 2.31. The average Bonchev–Trinajstić information content (AvgIpc) is 2.38. The molecular formula is C13H16ClN3O2. The number of carbonyl (C=O) groups is 2. The van der Waals surface area contributed by atoms with E-state index in [1.807, 2.05) is 13.0 Å². The van der Waals surface area contributed by atoms with Crippen LogP contribution in [0.25, 0.3) is 0 Å². The van der Waals surface area contributed by atoms with Gasteiger partial charge in [-0.3, -0.25) is 4.79 Å². The lowest BCUT2D eigenvalue weighted by Crippen LogP contribution is -2.39. The summed E-state index contributed by atoms with van der Waals surface area (Å²) in [5.74, 6) is -0.286. The third kappa shape index (κ3) is 5.01. The van der Waals surface area contributed by atoms with E-state index >= 15 is 0 Å². The van der Waals surface area contributed by atoms with Gasteiger partial charge in [0.15, 0.2) is 0 Å². The molecule has 5 nitrogen and oxygen atoms in total. The molecule has 6 heteroatoms. The molecule has 0 fully saturated rings. The summed E-state index contributed by atoms with van der Waals surface area (Å²) in [6, 6.07) is 4.83. The summed E-state index contributed by atoms with van der Waals surface area (Å²) in [6.45, 7) is 5.56. The summed E-state index contributed by atoms with van der Waals surface area (Å²) in [5, 5.41) is 8.05. The molecule has 0 spiro atoms. The first-order valence-corrected chi connectivity index (χ1v) is 6.10. The van der Waals surface area contributed by atoms with Crippen molar-refractivity contribution in [3.63, 3.8) is 0 Å². The Hall–Kier alpha value is -2.01. The molecule has 0 heterocycles. The molecule has 0 radical (unpaired) electrons. The second-order valence-corrected chi connectivity index (χ2v) is 4.24. The van der Waals surface area contributed by atoms with E-state index in [2.05, 4.69) is 22.5 Å². The predicted octanol–water partition coefficient (Wildman–Crippen LogP) is 2.07. The highest BCUT2D eigenvalue weighted by Crippen LogP contribution is 2.24. The van der Waals surface area contributed by atoms with Gasteiger partial charge in [0.25, 0.3) is 0 Å². The van der Waals surface area contributed by atoms with Crippen molar-refractivity contribution in [1.29, 1.82) is 0 Å². The molecule has 1 aromatic rings. The fourth-order valence-electron chi connectivity index (χ4n) is 1.36. The molecule has 1 rings (SSSR count). The zero-order chi connectivity index (χ0) is 14.3. The van der Waals surface area contributed by atoms with E-state index in [-0.39, 0.29) is 12.5 Å². The number of amides is 3. The van der Waals surface area contributed by atoms with E-state index in [9.17, 15) is 9.59 Å². The first kappa shape index (κ1) is 15.0. The number of nitrogens with one attached hydrogen (secondary N) is 3. The standard InChI is InChI=1S/C13H16ClN3O2/c1-3-7-15-11(18)8-16-13(19)17-12-9(2)5-4-6-10(12)14/h3-6H,1,7-8H2,2H3,(H,15,18)(H2,16,17,19). The van der Waals surface area contributed by atoms with Crippen molar-refractivity contribution >= 4 is 29.2 Å². The molecule has 0 atom stereocenters. The topological polar surface area (TPSA) is 70.2 Å². The smallest absolute Gasteiger partial charge is 0.319 e. The molecule has 0 unspecified atom stereocenters. The van der Waals surface area contributed by atoms with Crippen molar-refractivity contribution in [3.8, 4) is 0 Å². The van der Waals surface area contributed by atoms with Crippen LogP contribution in [0, 0.1) is 6.92 Å². The van der Waals surface area contributed by atoms with E-state index in [0.29, 0.717) is 17.3 Å². The summed E-state index contributed by atoms with van der Waals surface area (Å²) in [7, 11) is 0. The summed E-state index contributed by atoms with van der Waals surface area (Å²) in [6.07, 6.45) is 1.56. The van der Waals surface area contributed by atoms with Crippen LogP contribution in [0.1, 0.15) is 5.56 Å². The maximum Gasteiger partial charge on any atom is 0.319 e. The second-order valence-electron chi connectivity index (χ2n) is 3.83. The van der Waals surface area contributed by atoms with E-state index in [1.165, 1.54) is 0 Å². The lowest BCUT2D eigenvalue weighted by Gasteiger charge is -2.11. The summed E-state index contributed by atoms with van der Waals surface area (Å²) >= 11 is 5.97. The lowest BCUT2D eigenvalue weighted by atomic mass is 10.2. The van der Waals surface area contributed by atoms with Gasteiger partial charge in [-0.25, -0.2) is 4.79 Å². The zero-order valence-electron chi connectivity index (χ0n) is 10.6. The normalized spacial score (nSPS) is 9.58. The molecule has 0 aliphatic rings. The Morgan fingerprint density at radius 2 is 2.11 bits per heavy atom. The van der Waals surface area contributed by atoms with Crippen LogP contribution in [0.2, 0.25) is 5.02 Å². The molecule has 1 aromatic carbocycles. The molecule has 3 N–H and O–H groups in total. The van der Waals surface area contributed by atoms with Crippen LogP contribution < -0.4 is 16.0 Å². The van der Waals surface area contributed by atoms with Crippen LogP contribution in [0.5, 0.6) is 0 Å². The van der Waals surface area contributed by atoms with Gasteiger partial charge in [0, 0.05) is 6.54 Å². The number of halogens is 1. The van der Waals surface area contributed by atoms with Crippen molar-refractivity contribution in [2.45, 2.75) is 6.92 Å². The molecule has 19 heavy (non-hydrogen) atoms. The number of carbonyl (C=O) groups excluding carboxylic acids is 2. The Kier molecular flexibility index (Phi) is 5.89. The highest BCUT2D eigenvalue weighted by atomic mass is 35.5. The monoisotopic (exact) mass is 281 g/mol. The number of rotatable bonds is 5. The number of hydrogen-bond acceptors (Lipinski definition) is 2. The maximum atomic E-state index is 11.6. The zero-order valence-corrected chi connectivity index (χ0v) is 11.4. The Labute approximate surface area is 117 Å². The number of hydrogen-bond donors (Lipinski definition) is 3. The van der Waals surface area contributed by atoms with Gasteiger partial charge >= 0.3 is 6.03 Å². The summed E-state index contributed by atoms with van der Waals surface area (Å²) in [4.78, 5) is 22.9. The largest absolute Gasteiger partial charge is 0.351 e. The molecule has 0 saturated carbocycles. The number of benzene rings is 1. The van der Waals surface area contributed by atoms with E-state index in [1.54, 1.807) is 18.2 Å². The van der Waals surface area contributed by atoms with E-state index < -0.39 is 6.03 Å². The Morgan fingerprint density at radius 3 is 2.74 bits per heavy atom. The van der Waals surface area contributed by atoms with Crippen molar-refractivity contribution in [1.82, 2.24) is 10.6 Å². The molecule has 0 aromatic heterocycles. The average molecular weight is 282 g/mol. The Morgan fingerprint density at radius 1 is 1.37 bits per heavy atom. The maximum absolute atomic E-state index is 11.6. The quantitative estimate of drug-likeness (QED) is 0.723. The molecule has 102 valence electrons. The van der Waals surface area contributed by atoms with Crippen molar-refractivity contribution in [2.75, 3.05) is 18.4 Å². The van der Waals surface area contributed by atoms with Crippen LogP contribution in [-0.4, -0.2) is 25.0 Å². The van der Waals surface area contributed by atoms with Crippen LogP contribution >= 0.6 is 11.6 Å². The van der Waals surface area contributed by atoms with Crippen LogP contribution in [0.3, 0.4) is 0 Å². The van der Waals surface area contributed by atoms with Gasteiger partial charge in [-0.15, -0.1) is 6.58 Å². The van der Waals surface area contributed by atoms with Gasteiger partial charge < -0.3 is 16.0 Å². The number of para-hydroxylation sites is 1. The SMILES string of the molecule is C=CCNC(=O)CNC(=O)Nc1c(C)cccc1Cl. The summed E-state index contributed by atoms with van der Waals surface area (Å²) < 4.78 is 0. The van der Waals surface area contributed by atoms with Crippen molar-refractivity contribution in [2.24, 2.45) is 0 Å². The number of anilines is 1. The summed E-state index contributed by atoms with van der Waals surface area (Å²) in [5.41, 5.74) is 1.38. The molecule has 0 aliphatic carbocycles. The molecule has 3 amide bonds. The van der Waals surface area contributed by atoms with Crippen LogP contribution in [-0.2, 0) is 4.79 Å². The minimum absolute atomic E-state index is 0.108. The number of aryl methyl sites for hydroxylation is 1. The predicted molar refractivity (Wildman–Crippen MR) is 76.4 cm³/mol. The molecule has 0 saturated heterocycles. The fourth-order valence-corrected chi connectivity index (χ4v) is 1.63. The van der Waals surface area contributed by atoms with Crippen molar-refractivity contribution in [3.05, 3.63) is 41.4 Å². The molecule has 0 bridgehead atoms. The van der Waals surface area contributed by atoms with Gasteiger partial charge in [0.05, 0.1) is 17.3 Å². The highest BCUT2D eigenvalue weighted by Gasteiger charge is 2.09. The fraction of sp³-hybridized carbons (Fsp3) is 0.231. The number of urea groups is 1. The van der Waals surface area contributed by atoms with Gasteiger partial charge in [0.2, 0.25) is 5.91 Å². The first-order valence-electron chi connectivity index (χ1n) is 5.72. The van der Waals surface area contributed by atoms with Crippen LogP contribution in [0.4, 0.5) is 10.5 Å². The second kappa shape index (κ2) is 7.43.